The predicted molar refractivity (Wildman–Crippen MR) is 71.7 cm³/mol. The Kier molecular flexibility index (Phi) is 3.08. The molecule has 0 spiro atoms. The van der Waals surface area contributed by atoms with Gasteiger partial charge in [-0.15, -0.1) is 0 Å². The lowest BCUT2D eigenvalue weighted by atomic mass is 10.1. The maximum absolute atomic E-state index is 12.1. The minimum Gasteiger partial charge on any atom is -0.389 e. The van der Waals surface area contributed by atoms with E-state index in [1.165, 1.54) is 21.7 Å². The third-order valence-electron chi connectivity index (χ3n) is 3.17. The number of β-amino-alcohol motifs (C(OH)–C–C–N with tert-alkyl or cyclic N) is 1. The number of rotatable bonds is 2. The fourth-order valence-electron chi connectivity index (χ4n) is 2.06. The van der Waals surface area contributed by atoms with E-state index >= 15 is 0 Å². The summed E-state index contributed by atoms with van der Waals surface area (Å²) in [5.41, 5.74) is 0.507. The van der Waals surface area contributed by atoms with Crippen LogP contribution in [0.2, 0.25) is 0 Å². The number of aliphatic hydroxyl groups excluding tert-OH is 1. The molecule has 1 aliphatic heterocycles. The monoisotopic (exact) mass is 271 g/mol. The molecule has 2 heterocycles. The highest BCUT2D eigenvalue weighted by molar-refractivity contribution is 5.92. The number of benzene rings is 1. The standard InChI is InChI=1S/C14H13N3O3/c18-11-8-16(9-11)14(20)12-6-7-13(19)17(15-12)10-4-2-1-3-5-10/h1-7,11,18H,8-9H2. The molecule has 1 aromatic carbocycles. The average molecular weight is 271 g/mol. The van der Waals surface area contributed by atoms with Gasteiger partial charge in [-0.05, 0) is 18.2 Å². The van der Waals surface area contributed by atoms with Crippen molar-refractivity contribution in [1.29, 1.82) is 0 Å². The van der Waals surface area contributed by atoms with Crippen LogP contribution in [0.25, 0.3) is 5.69 Å². The number of carbonyl (C=O) groups is 1. The molecule has 1 amide bonds. The van der Waals surface area contributed by atoms with Crippen LogP contribution in [0, 0.1) is 0 Å². The number of hydrogen-bond acceptors (Lipinski definition) is 4. The molecule has 20 heavy (non-hydrogen) atoms. The summed E-state index contributed by atoms with van der Waals surface area (Å²) in [6.45, 7) is 0.621. The molecule has 0 bridgehead atoms. The molecule has 1 N–H and O–H groups in total. The predicted octanol–water partition coefficient (Wildman–Crippen LogP) is 0.0492. The van der Waals surface area contributed by atoms with E-state index in [1.54, 1.807) is 24.3 Å². The summed E-state index contributed by atoms with van der Waals surface area (Å²) < 4.78 is 1.20. The van der Waals surface area contributed by atoms with Crippen LogP contribution in [0.4, 0.5) is 0 Å². The van der Waals surface area contributed by atoms with Crippen molar-refractivity contribution in [1.82, 2.24) is 14.7 Å². The van der Waals surface area contributed by atoms with Crippen LogP contribution in [0.1, 0.15) is 10.5 Å². The summed E-state index contributed by atoms with van der Waals surface area (Å²) in [7, 11) is 0. The molecule has 0 aliphatic carbocycles. The van der Waals surface area contributed by atoms with Crippen molar-refractivity contribution < 1.29 is 9.90 Å². The van der Waals surface area contributed by atoms with Crippen LogP contribution in [-0.4, -0.2) is 44.9 Å². The summed E-state index contributed by atoms with van der Waals surface area (Å²) >= 11 is 0. The largest absolute Gasteiger partial charge is 0.389 e. The summed E-state index contributed by atoms with van der Waals surface area (Å²) in [5.74, 6) is -0.278. The zero-order valence-electron chi connectivity index (χ0n) is 10.6. The summed E-state index contributed by atoms with van der Waals surface area (Å²) in [5, 5.41) is 13.3. The smallest absolute Gasteiger partial charge is 0.274 e. The molecule has 1 aromatic heterocycles. The maximum atomic E-state index is 12.1. The number of carbonyl (C=O) groups excluding carboxylic acids is 1. The van der Waals surface area contributed by atoms with Gasteiger partial charge in [-0.3, -0.25) is 9.59 Å². The van der Waals surface area contributed by atoms with Crippen molar-refractivity contribution in [2.24, 2.45) is 0 Å². The van der Waals surface area contributed by atoms with Crippen LogP contribution in [0.3, 0.4) is 0 Å². The average Bonchev–Trinajstić information content (AvgIpc) is 2.45. The number of aliphatic hydroxyl groups is 1. The van der Waals surface area contributed by atoms with Crippen molar-refractivity contribution in [2.45, 2.75) is 6.10 Å². The molecule has 0 unspecified atom stereocenters. The molecule has 0 radical (unpaired) electrons. The normalized spacial score (nSPS) is 14.9. The van der Waals surface area contributed by atoms with Crippen molar-refractivity contribution in [3.05, 3.63) is 58.5 Å². The molecule has 1 aliphatic rings. The Morgan fingerprint density at radius 3 is 2.50 bits per heavy atom. The van der Waals surface area contributed by atoms with E-state index < -0.39 is 6.10 Å². The third-order valence-corrected chi connectivity index (χ3v) is 3.17. The van der Waals surface area contributed by atoms with E-state index in [1.807, 2.05) is 6.07 Å². The fraction of sp³-hybridized carbons (Fsp3) is 0.214. The van der Waals surface area contributed by atoms with Crippen LogP contribution in [0.5, 0.6) is 0 Å². The molecule has 102 valence electrons. The van der Waals surface area contributed by atoms with Gasteiger partial charge in [0.25, 0.3) is 11.5 Å². The van der Waals surface area contributed by atoms with Gasteiger partial charge in [0.1, 0.15) is 5.69 Å². The highest BCUT2D eigenvalue weighted by Gasteiger charge is 2.30. The number of amides is 1. The van der Waals surface area contributed by atoms with Crippen LogP contribution in [0.15, 0.2) is 47.3 Å². The quantitative estimate of drug-likeness (QED) is 0.837. The first kappa shape index (κ1) is 12.6. The highest BCUT2D eigenvalue weighted by Crippen LogP contribution is 2.11. The topological polar surface area (TPSA) is 75.4 Å². The molecule has 3 rings (SSSR count). The zero-order chi connectivity index (χ0) is 14.1. The lowest BCUT2D eigenvalue weighted by Gasteiger charge is -2.35. The maximum Gasteiger partial charge on any atom is 0.274 e. The number of para-hydroxylation sites is 1. The molecule has 6 nitrogen and oxygen atoms in total. The molecule has 0 saturated carbocycles. The Hall–Kier alpha value is -2.47. The minimum atomic E-state index is -0.459. The van der Waals surface area contributed by atoms with Crippen molar-refractivity contribution in [3.8, 4) is 5.69 Å². The van der Waals surface area contributed by atoms with Crippen LogP contribution >= 0.6 is 0 Å². The van der Waals surface area contributed by atoms with E-state index in [0.29, 0.717) is 18.8 Å². The second-order valence-electron chi connectivity index (χ2n) is 4.67. The van der Waals surface area contributed by atoms with Gasteiger partial charge in [-0.25, -0.2) is 0 Å². The Morgan fingerprint density at radius 2 is 1.85 bits per heavy atom. The van der Waals surface area contributed by atoms with Gasteiger partial charge in [0.2, 0.25) is 0 Å². The highest BCUT2D eigenvalue weighted by atomic mass is 16.3. The van der Waals surface area contributed by atoms with E-state index in [0.717, 1.165) is 0 Å². The molecule has 2 aromatic rings. The Balaban J connectivity index is 1.95. The van der Waals surface area contributed by atoms with Crippen LogP contribution in [-0.2, 0) is 0 Å². The van der Waals surface area contributed by atoms with Gasteiger partial charge >= 0.3 is 0 Å². The Bertz CT molecular complexity index is 690. The third kappa shape index (κ3) is 2.21. The lowest BCUT2D eigenvalue weighted by Crippen LogP contribution is -2.53. The first-order valence-electron chi connectivity index (χ1n) is 6.28. The number of hydrogen-bond donors (Lipinski definition) is 1. The minimum absolute atomic E-state index is 0.195. The first-order chi connectivity index (χ1) is 9.65. The van der Waals surface area contributed by atoms with Gasteiger partial charge in [-0.2, -0.15) is 9.78 Å². The summed E-state index contributed by atoms with van der Waals surface area (Å²) in [6, 6.07) is 11.7. The number of aromatic nitrogens is 2. The van der Waals surface area contributed by atoms with E-state index in [-0.39, 0.29) is 17.2 Å². The Labute approximate surface area is 114 Å². The van der Waals surface area contributed by atoms with Gasteiger partial charge in [0.15, 0.2) is 0 Å². The molecule has 1 fully saturated rings. The molecular weight excluding hydrogens is 258 g/mol. The van der Waals surface area contributed by atoms with Gasteiger partial charge in [-0.1, -0.05) is 18.2 Å². The van der Waals surface area contributed by atoms with E-state index in [9.17, 15) is 14.7 Å². The number of nitrogens with zero attached hydrogens (tertiary/aromatic N) is 3. The molecular formula is C14H13N3O3. The fourth-order valence-corrected chi connectivity index (χ4v) is 2.06. The molecule has 0 atom stereocenters. The summed E-state index contributed by atoms with van der Waals surface area (Å²) in [4.78, 5) is 25.4. The zero-order valence-corrected chi connectivity index (χ0v) is 10.6. The van der Waals surface area contributed by atoms with E-state index in [4.69, 9.17) is 0 Å². The second kappa shape index (κ2) is 4.90. The van der Waals surface area contributed by atoms with Crippen molar-refractivity contribution in [2.75, 3.05) is 13.1 Å². The van der Waals surface area contributed by atoms with Gasteiger partial charge < -0.3 is 10.0 Å². The Morgan fingerprint density at radius 1 is 1.15 bits per heavy atom. The van der Waals surface area contributed by atoms with Gasteiger partial charge in [0, 0.05) is 19.2 Å². The first-order valence-corrected chi connectivity index (χ1v) is 6.28. The van der Waals surface area contributed by atoms with Crippen molar-refractivity contribution in [3.63, 3.8) is 0 Å². The molecule has 1 saturated heterocycles. The molecule has 6 heteroatoms. The number of likely N-dealkylation sites (tertiary alicyclic amines) is 1. The van der Waals surface area contributed by atoms with Crippen molar-refractivity contribution >= 4 is 5.91 Å². The van der Waals surface area contributed by atoms with Gasteiger partial charge in [0.05, 0.1) is 11.8 Å². The SMILES string of the molecule is O=C(c1ccc(=O)n(-c2ccccc2)n1)N1CC(O)C1. The van der Waals surface area contributed by atoms with E-state index in [2.05, 4.69) is 5.10 Å². The second-order valence-corrected chi connectivity index (χ2v) is 4.67. The summed E-state index contributed by atoms with van der Waals surface area (Å²) in [6.07, 6.45) is -0.459. The lowest BCUT2D eigenvalue weighted by molar-refractivity contribution is 0.00537. The van der Waals surface area contributed by atoms with Crippen LogP contribution < -0.4 is 5.56 Å².